The van der Waals surface area contributed by atoms with E-state index in [1.807, 2.05) is 12.1 Å². The first-order chi connectivity index (χ1) is 12.9. The van der Waals surface area contributed by atoms with Crippen LogP contribution in [0, 0.1) is 0 Å². The lowest BCUT2D eigenvalue weighted by Gasteiger charge is -2.12. The van der Waals surface area contributed by atoms with Gasteiger partial charge in [0, 0.05) is 27.2 Å². The molecule has 0 atom stereocenters. The van der Waals surface area contributed by atoms with Gasteiger partial charge in [-0.3, -0.25) is 0 Å². The van der Waals surface area contributed by atoms with Crippen molar-refractivity contribution in [2.45, 2.75) is 17.7 Å². The molecule has 2 aromatic rings. The Morgan fingerprint density at radius 3 is 2.26 bits per heavy atom. The van der Waals surface area contributed by atoms with Crippen molar-refractivity contribution < 1.29 is 14.6 Å². The molecule has 0 spiro atoms. The molecule has 2 aromatic carbocycles. The molecule has 0 bridgehead atoms. The minimum Gasteiger partial charge on any atom is -0.506 e. The van der Waals surface area contributed by atoms with Crippen LogP contribution in [0.4, 0.5) is 5.69 Å². The molecular formula is C19H24BrClN2O3S. The van der Waals surface area contributed by atoms with Gasteiger partial charge in [0.1, 0.15) is 5.75 Å². The third kappa shape index (κ3) is 6.68. The Bertz CT molecular complexity index is 758. The fourth-order valence-corrected chi connectivity index (χ4v) is 3.84. The Morgan fingerprint density at radius 1 is 1.11 bits per heavy atom. The number of halogens is 2. The molecule has 1 fully saturated rings. The summed E-state index contributed by atoms with van der Waals surface area (Å²) in [4.78, 5) is 3.28. The Morgan fingerprint density at radius 2 is 1.74 bits per heavy atom. The summed E-state index contributed by atoms with van der Waals surface area (Å²) in [6.07, 6.45) is 2.83. The molecule has 148 valence electrons. The highest BCUT2D eigenvalue weighted by Gasteiger charge is 2.10. The fraction of sp³-hybridized carbons (Fsp3) is 0.368. The third-order valence-electron chi connectivity index (χ3n) is 3.99. The van der Waals surface area contributed by atoms with E-state index < -0.39 is 0 Å². The van der Waals surface area contributed by atoms with Crippen molar-refractivity contribution in [3.8, 4) is 17.2 Å². The highest BCUT2D eigenvalue weighted by molar-refractivity contribution is 9.10. The maximum absolute atomic E-state index is 9.58. The number of hydrogen-bond acceptors (Lipinski definition) is 6. The lowest BCUT2D eigenvalue weighted by Crippen LogP contribution is -2.10. The molecule has 1 aliphatic rings. The van der Waals surface area contributed by atoms with Crippen molar-refractivity contribution in [1.29, 1.82) is 0 Å². The van der Waals surface area contributed by atoms with Crippen molar-refractivity contribution in [2.75, 3.05) is 39.1 Å². The second-order valence-corrected chi connectivity index (χ2v) is 8.13. The number of nitrogens with zero attached hydrogens (tertiary/aromatic N) is 1. The number of benzene rings is 2. The average Bonchev–Trinajstić information content (AvgIpc) is 3.14. The maximum atomic E-state index is 9.58. The Labute approximate surface area is 178 Å². The highest BCUT2D eigenvalue weighted by atomic mass is 79.9. The van der Waals surface area contributed by atoms with Crippen LogP contribution < -0.4 is 14.2 Å². The van der Waals surface area contributed by atoms with Crippen molar-refractivity contribution >= 4 is 45.2 Å². The van der Waals surface area contributed by atoms with Crippen molar-refractivity contribution in [1.82, 2.24) is 4.90 Å². The molecule has 0 unspecified atom stereocenters. The van der Waals surface area contributed by atoms with Gasteiger partial charge in [-0.15, -0.1) is 0 Å². The Kier molecular flexibility index (Phi) is 8.89. The molecule has 8 heteroatoms. The Balaban J connectivity index is 0.000000369. The van der Waals surface area contributed by atoms with E-state index in [1.54, 1.807) is 32.4 Å². The number of nitrogens with one attached hydrogen (secondary N) is 1. The summed E-state index contributed by atoms with van der Waals surface area (Å²) in [5.41, 5.74) is 0.739. The van der Waals surface area contributed by atoms with Crippen LogP contribution in [0.3, 0.4) is 0 Å². The van der Waals surface area contributed by atoms with Crippen LogP contribution in [0.2, 0.25) is 5.02 Å². The zero-order valence-corrected chi connectivity index (χ0v) is 18.7. The van der Waals surface area contributed by atoms with Crippen LogP contribution in [0.1, 0.15) is 12.8 Å². The van der Waals surface area contributed by atoms with Gasteiger partial charge in [-0.25, -0.2) is 0 Å². The first-order valence-corrected chi connectivity index (χ1v) is 10.4. The number of aromatic hydroxyl groups is 1. The zero-order chi connectivity index (χ0) is 19.8. The van der Waals surface area contributed by atoms with E-state index in [-0.39, 0.29) is 5.75 Å². The summed E-state index contributed by atoms with van der Waals surface area (Å²) in [6.45, 7) is 2.64. The van der Waals surface area contributed by atoms with Crippen molar-refractivity contribution in [3.63, 3.8) is 0 Å². The predicted octanol–water partition coefficient (Wildman–Crippen LogP) is 5.66. The smallest absolute Gasteiger partial charge is 0.161 e. The van der Waals surface area contributed by atoms with Crippen molar-refractivity contribution in [2.24, 2.45) is 0 Å². The van der Waals surface area contributed by atoms with Gasteiger partial charge in [-0.1, -0.05) is 11.6 Å². The average molecular weight is 476 g/mol. The second-order valence-electron chi connectivity index (χ2n) is 6.02. The first kappa shape index (κ1) is 22.0. The van der Waals surface area contributed by atoms with E-state index in [1.165, 1.54) is 37.9 Å². The molecule has 1 saturated heterocycles. The van der Waals surface area contributed by atoms with Crippen molar-refractivity contribution in [3.05, 3.63) is 39.8 Å². The van der Waals surface area contributed by atoms with Crippen LogP contribution in [0.5, 0.6) is 17.2 Å². The summed E-state index contributed by atoms with van der Waals surface area (Å²) < 4.78 is 14.5. The summed E-state index contributed by atoms with van der Waals surface area (Å²) in [7, 11) is 5.35. The molecule has 3 rings (SSSR count). The van der Waals surface area contributed by atoms with Crippen LogP contribution >= 0.6 is 39.5 Å². The molecule has 0 radical (unpaired) electrons. The van der Waals surface area contributed by atoms with E-state index in [0.29, 0.717) is 16.5 Å². The third-order valence-corrected chi connectivity index (χ3v) is 6.13. The van der Waals surface area contributed by atoms with Gasteiger partial charge >= 0.3 is 0 Å². The summed E-state index contributed by atoms with van der Waals surface area (Å²) in [6, 6.07) is 8.66. The van der Waals surface area contributed by atoms with Gasteiger partial charge in [0.25, 0.3) is 0 Å². The van der Waals surface area contributed by atoms with E-state index in [2.05, 4.69) is 32.6 Å². The number of hydrogen-bond donors (Lipinski definition) is 2. The van der Waals surface area contributed by atoms with Crippen LogP contribution in [-0.2, 0) is 0 Å². The SMILES string of the molecule is CN1CCCC1.COc1cc(Br)c(SNc2ccc(Cl)c(O)c2)cc1OC. The second kappa shape index (κ2) is 10.9. The van der Waals surface area contributed by atoms with Gasteiger partial charge in [0.15, 0.2) is 11.5 Å². The number of anilines is 1. The molecule has 0 aromatic heterocycles. The lowest BCUT2D eigenvalue weighted by molar-refractivity contribution is 0.353. The molecule has 2 N–H and O–H groups in total. The summed E-state index contributed by atoms with van der Waals surface area (Å²) in [5.74, 6) is 1.33. The maximum Gasteiger partial charge on any atom is 0.161 e. The fourth-order valence-electron chi connectivity index (χ4n) is 2.48. The van der Waals surface area contributed by atoms with E-state index in [0.717, 1.165) is 15.1 Å². The lowest BCUT2D eigenvalue weighted by atomic mass is 10.3. The predicted molar refractivity (Wildman–Crippen MR) is 117 cm³/mol. The molecule has 0 saturated carbocycles. The van der Waals surface area contributed by atoms with E-state index >= 15 is 0 Å². The number of phenols is 1. The normalized spacial score (nSPS) is 13.7. The topological polar surface area (TPSA) is 54.0 Å². The molecule has 0 amide bonds. The number of phenolic OH excluding ortho intramolecular Hbond substituents is 1. The van der Waals surface area contributed by atoms with Gasteiger partial charge in [0.2, 0.25) is 0 Å². The van der Waals surface area contributed by atoms with Gasteiger partial charge in [-0.05, 0) is 79.1 Å². The van der Waals surface area contributed by atoms with E-state index in [9.17, 15) is 5.11 Å². The quantitative estimate of drug-likeness (QED) is 0.545. The van der Waals surface area contributed by atoms with Gasteiger partial charge < -0.3 is 24.2 Å². The van der Waals surface area contributed by atoms with Crippen LogP contribution in [0.25, 0.3) is 0 Å². The molecule has 0 aliphatic carbocycles. The molecule has 1 heterocycles. The van der Waals surface area contributed by atoms with Gasteiger partial charge in [0.05, 0.1) is 19.2 Å². The Hall–Kier alpha value is -1.28. The van der Waals surface area contributed by atoms with Crippen LogP contribution in [-0.4, -0.2) is 44.4 Å². The molecular weight excluding hydrogens is 452 g/mol. The largest absolute Gasteiger partial charge is 0.506 e. The number of likely N-dealkylation sites (tertiary alicyclic amines) is 1. The van der Waals surface area contributed by atoms with Crippen LogP contribution in [0.15, 0.2) is 39.7 Å². The summed E-state index contributed by atoms with van der Waals surface area (Å²) >= 11 is 10.6. The monoisotopic (exact) mass is 474 g/mol. The standard InChI is InChI=1S/C14H13BrClNO3S.C5H11N/c1-19-12-6-9(15)14(7-13(12)20-2)21-17-8-3-4-10(16)11(18)5-8;1-6-4-2-3-5-6/h3-7,17-18H,1-2H3;2-5H2,1H3. The molecule has 5 nitrogen and oxygen atoms in total. The van der Waals surface area contributed by atoms with E-state index in [4.69, 9.17) is 21.1 Å². The minimum absolute atomic E-state index is 0.0358. The first-order valence-electron chi connectivity index (χ1n) is 8.46. The zero-order valence-electron chi connectivity index (χ0n) is 15.6. The molecule has 1 aliphatic heterocycles. The summed E-state index contributed by atoms with van der Waals surface area (Å²) in [5, 5.41) is 9.89. The number of rotatable bonds is 5. The number of ether oxygens (including phenoxy) is 2. The number of methoxy groups -OCH3 is 2. The molecule has 27 heavy (non-hydrogen) atoms. The highest BCUT2D eigenvalue weighted by Crippen LogP contribution is 2.38. The minimum atomic E-state index is 0.0358. The van der Waals surface area contributed by atoms with Gasteiger partial charge in [-0.2, -0.15) is 0 Å².